The first-order chi connectivity index (χ1) is 8.97. The average molecular weight is 261 g/mol. The summed E-state index contributed by atoms with van der Waals surface area (Å²) in [6, 6.07) is 1.35. The van der Waals surface area contributed by atoms with Gasteiger partial charge in [-0.05, 0) is 18.9 Å². The van der Waals surface area contributed by atoms with E-state index in [-0.39, 0.29) is 5.56 Å². The van der Waals surface area contributed by atoms with Crippen LogP contribution in [0.3, 0.4) is 0 Å². The first-order valence-corrected chi connectivity index (χ1v) is 5.89. The second kappa shape index (κ2) is 5.09. The smallest absolute Gasteiger partial charge is 0.341 e. The highest BCUT2D eigenvalue weighted by molar-refractivity contribution is 5.87. The van der Waals surface area contributed by atoms with E-state index in [1.807, 2.05) is 13.2 Å². The van der Waals surface area contributed by atoms with Crippen molar-refractivity contribution in [2.75, 3.05) is 0 Å². The van der Waals surface area contributed by atoms with Crippen LogP contribution >= 0.6 is 0 Å². The predicted molar refractivity (Wildman–Crippen MR) is 69.3 cm³/mol. The van der Waals surface area contributed by atoms with Crippen molar-refractivity contribution < 1.29 is 9.90 Å². The van der Waals surface area contributed by atoms with Crippen molar-refractivity contribution in [2.24, 2.45) is 7.05 Å². The lowest BCUT2D eigenvalue weighted by atomic mass is 10.2. The molecule has 0 spiro atoms. The van der Waals surface area contributed by atoms with Crippen LogP contribution in [-0.2, 0) is 20.0 Å². The van der Waals surface area contributed by atoms with Gasteiger partial charge in [0.25, 0.3) is 0 Å². The lowest BCUT2D eigenvalue weighted by Crippen LogP contribution is -2.19. The molecule has 1 N–H and O–H groups in total. The summed E-state index contributed by atoms with van der Waals surface area (Å²) in [5.41, 5.74) is 1.16. The molecule has 2 aromatic rings. The maximum atomic E-state index is 11.5. The predicted octanol–water partition coefficient (Wildman–Crippen LogP) is 0.831. The molecule has 0 fully saturated rings. The highest BCUT2D eigenvalue weighted by Gasteiger charge is 2.10. The number of aromatic nitrogens is 3. The van der Waals surface area contributed by atoms with E-state index in [0.29, 0.717) is 6.54 Å². The molecule has 0 saturated heterocycles. The lowest BCUT2D eigenvalue weighted by Gasteiger charge is -2.10. The zero-order valence-corrected chi connectivity index (χ0v) is 10.8. The summed E-state index contributed by atoms with van der Waals surface area (Å²) in [6.45, 7) is 2.40. The number of pyridine rings is 1. The first-order valence-electron chi connectivity index (χ1n) is 5.89. The minimum absolute atomic E-state index is 0.197. The summed E-state index contributed by atoms with van der Waals surface area (Å²) >= 11 is 0. The Morgan fingerprint density at radius 2 is 2.16 bits per heavy atom. The third-order valence-corrected chi connectivity index (χ3v) is 2.97. The van der Waals surface area contributed by atoms with Crippen LogP contribution < -0.4 is 5.43 Å². The molecule has 0 amide bonds. The summed E-state index contributed by atoms with van der Waals surface area (Å²) in [5.74, 6) is -1.19. The molecule has 0 bridgehead atoms. The van der Waals surface area contributed by atoms with Crippen molar-refractivity contribution in [1.29, 1.82) is 0 Å². The molecule has 6 nitrogen and oxygen atoms in total. The Balaban J connectivity index is 2.22. The monoisotopic (exact) mass is 261 g/mol. The van der Waals surface area contributed by atoms with Crippen LogP contribution in [-0.4, -0.2) is 25.4 Å². The molecule has 0 aliphatic rings. The second-order valence-electron chi connectivity index (χ2n) is 4.46. The van der Waals surface area contributed by atoms with Crippen molar-refractivity contribution >= 4 is 5.97 Å². The molecular formula is C13H15N3O3. The van der Waals surface area contributed by atoms with E-state index in [2.05, 4.69) is 5.10 Å². The third kappa shape index (κ3) is 2.90. The fourth-order valence-electron chi connectivity index (χ4n) is 1.92. The van der Waals surface area contributed by atoms with E-state index in [1.54, 1.807) is 22.4 Å². The van der Waals surface area contributed by atoms with Gasteiger partial charge in [0.15, 0.2) is 5.43 Å². The summed E-state index contributed by atoms with van der Waals surface area (Å²) < 4.78 is 3.49. The van der Waals surface area contributed by atoms with Gasteiger partial charge in [0, 0.05) is 37.7 Å². The van der Waals surface area contributed by atoms with Crippen molar-refractivity contribution in [2.45, 2.75) is 19.9 Å². The van der Waals surface area contributed by atoms with Gasteiger partial charge in [0.05, 0.1) is 6.20 Å². The average Bonchev–Trinajstić information content (AvgIpc) is 2.73. The molecule has 0 atom stereocenters. The van der Waals surface area contributed by atoms with Gasteiger partial charge in [-0.1, -0.05) is 0 Å². The van der Waals surface area contributed by atoms with Crippen LogP contribution in [0.4, 0.5) is 0 Å². The molecule has 0 aromatic carbocycles. The minimum atomic E-state index is -1.19. The van der Waals surface area contributed by atoms with Crippen molar-refractivity contribution in [3.63, 3.8) is 0 Å². The fraction of sp³-hybridized carbons (Fsp3) is 0.308. The van der Waals surface area contributed by atoms with E-state index in [9.17, 15) is 9.59 Å². The molecule has 0 saturated carbocycles. The van der Waals surface area contributed by atoms with E-state index in [0.717, 1.165) is 17.7 Å². The van der Waals surface area contributed by atoms with E-state index in [1.165, 1.54) is 12.3 Å². The molecule has 0 aliphatic carbocycles. The van der Waals surface area contributed by atoms with Gasteiger partial charge in [-0.3, -0.25) is 9.48 Å². The van der Waals surface area contributed by atoms with Gasteiger partial charge in [0.2, 0.25) is 0 Å². The fourth-order valence-corrected chi connectivity index (χ4v) is 1.92. The highest BCUT2D eigenvalue weighted by Crippen LogP contribution is 2.04. The Morgan fingerprint density at radius 1 is 1.42 bits per heavy atom. The van der Waals surface area contributed by atoms with Gasteiger partial charge in [-0.2, -0.15) is 5.10 Å². The molecule has 2 aromatic heterocycles. The largest absolute Gasteiger partial charge is 0.477 e. The standard InChI is InChI=1S/C13H15N3O3/c1-9-5-12(17)11(13(18)19)8-16(9)4-3-10-6-14-15(2)7-10/h5-8H,3-4H2,1-2H3,(H,18,19). The van der Waals surface area contributed by atoms with Gasteiger partial charge in [-0.15, -0.1) is 0 Å². The Labute approximate surface area is 109 Å². The highest BCUT2D eigenvalue weighted by atomic mass is 16.4. The van der Waals surface area contributed by atoms with Crippen LogP contribution in [0.1, 0.15) is 21.6 Å². The van der Waals surface area contributed by atoms with E-state index < -0.39 is 11.4 Å². The van der Waals surface area contributed by atoms with Gasteiger partial charge < -0.3 is 9.67 Å². The van der Waals surface area contributed by atoms with Gasteiger partial charge in [0.1, 0.15) is 5.56 Å². The normalized spacial score (nSPS) is 10.6. The summed E-state index contributed by atoms with van der Waals surface area (Å²) in [5, 5.41) is 13.0. The van der Waals surface area contributed by atoms with Crippen LogP contribution in [0.2, 0.25) is 0 Å². The number of hydrogen-bond acceptors (Lipinski definition) is 3. The second-order valence-corrected chi connectivity index (χ2v) is 4.46. The van der Waals surface area contributed by atoms with E-state index in [4.69, 9.17) is 5.11 Å². The number of carbonyl (C=O) groups is 1. The van der Waals surface area contributed by atoms with Gasteiger partial charge in [-0.25, -0.2) is 4.79 Å². The van der Waals surface area contributed by atoms with Crippen molar-refractivity contribution in [3.8, 4) is 0 Å². The molecule has 100 valence electrons. The van der Waals surface area contributed by atoms with Crippen molar-refractivity contribution in [3.05, 3.63) is 51.7 Å². The Bertz CT molecular complexity index is 670. The number of carboxylic acids is 1. The van der Waals surface area contributed by atoms with Crippen LogP contribution in [0, 0.1) is 6.92 Å². The Kier molecular flexibility index (Phi) is 3.50. The number of hydrogen-bond donors (Lipinski definition) is 1. The summed E-state index contributed by atoms with van der Waals surface area (Å²) in [4.78, 5) is 22.4. The number of carboxylic acid groups (broad SMARTS) is 1. The Morgan fingerprint density at radius 3 is 2.74 bits per heavy atom. The van der Waals surface area contributed by atoms with E-state index >= 15 is 0 Å². The first kappa shape index (κ1) is 13.1. The summed E-state index contributed by atoms with van der Waals surface area (Å²) in [7, 11) is 1.84. The number of aryl methyl sites for hydroxylation is 4. The molecule has 2 heterocycles. The van der Waals surface area contributed by atoms with Crippen LogP contribution in [0.5, 0.6) is 0 Å². The topological polar surface area (TPSA) is 77.1 Å². The van der Waals surface area contributed by atoms with Crippen LogP contribution in [0.25, 0.3) is 0 Å². The number of rotatable bonds is 4. The molecule has 2 rings (SSSR count). The Hall–Kier alpha value is -2.37. The zero-order valence-electron chi connectivity index (χ0n) is 10.8. The lowest BCUT2D eigenvalue weighted by molar-refractivity contribution is 0.0694. The molecule has 0 radical (unpaired) electrons. The van der Waals surface area contributed by atoms with Gasteiger partial charge >= 0.3 is 5.97 Å². The molecule has 6 heteroatoms. The SMILES string of the molecule is Cc1cc(=O)c(C(=O)O)cn1CCc1cnn(C)c1. The molecule has 19 heavy (non-hydrogen) atoms. The molecule has 0 aliphatic heterocycles. The molecular weight excluding hydrogens is 246 g/mol. The minimum Gasteiger partial charge on any atom is -0.477 e. The third-order valence-electron chi connectivity index (χ3n) is 2.97. The maximum absolute atomic E-state index is 11.5. The zero-order chi connectivity index (χ0) is 14.0. The quantitative estimate of drug-likeness (QED) is 0.884. The number of aromatic carboxylic acids is 1. The molecule has 0 unspecified atom stereocenters. The van der Waals surface area contributed by atoms with Crippen molar-refractivity contribution in [1.82, 2.24) is 14.3 Å². The number of nitrogens with zero attached hydrogens (tertiary/aromatic N) is 3. The maximum Gasteiger partial charge on any atom is 0.341 e. The summed E-state index contributed by atoms with van der Waals surface area (Å²) in [6.07, 6.45) is 5.82. The van der Waals surface area contributed by atoms with Crippen LogP contribution in [0.15, 0.2) is 29.5 Å².